The number of nitrogens with zero attached hydrogens (tertiary/aromatic N) is 3. The average Bonchev–Trinajstić information content (AvgIpc) is 2.43. The molecule has 1 heterocycles. The minimum Gasteiger partial charge on any atom is -0.409 e. The molecule has 8 nitrogen and oxygen atoms in total. The van der Waals surface area contributed by atoms with Crippen LogP contribution in [0, 0.1) is 16.0 Å². The number of oxime groups is 1. The lowest BCUT2D eigenvalue weighted by molar-refractivity contribution is -0.388. The molecule has 0 radical (unpaired) electrons. The van der Waals surface area contributed by atoms with Crippen molar-refractivity contribution in [1.82, 2.24) is 4.98 Å². The lowest BCUT2D eigenvalue weighted by Gasteiger charge is -2.07. The van der Waals surface area contributed by atoms with Crippen LogP contribution in [-0.4, -0.2) is 38.4 Å². The number of hydrogen-bond donors (Lipinski definition) is 3. The molecule has 1 aromatic heterocycles. The lowest BCUT2D eigenvalue weighted by atomic mass is 10.2. The highest BCUT2D eigenvalue weighted by Gasteiger charge is 2.18. The molecule has 0 spiro atoms. The summed E-state index contributed by atoms with van der Waals surface area (Å²) in [5.41, 5.74) is 5.32. The second-order valence-corrected chi connectivity index (χ2v) is 4.90. The maximum Gasteiger partial charge on any atom is 0.302 e. The highest BCUT2D eigenvalue weighted by molar-refractivity contribution is 7.99. The molecule has 9 heteroatoms. The average molecular weight is 286 g/mol. The number of thioether (sulfide) groups is 1. The maximum absolute atomic E-state index is 11.0. The zero-order valence-corrected chi connectivity index (χ0v) is 11.0. The van der Waals surface area contributed by atoms with E-state index in [1.807, 2.05) is 6.92 Å². The second-order valence-electron chi connectivity index (χ2n) is 3.89. The number of amidine groups is 1. The molecule has 1 atom stereocenters. The summed E-state index contributed by atoms with van der Waals surface area (Å²) in [4.78, 5) is 14.3. The molecule has 0 saturated heterocycles. The van der Waals surface area contributed by atoms with Gasteiger partial charge in [-0.2, -0.15) is 0 Å². The number of nitrogens with two attached hydrogens (primary N) is 1. The molecular weight excluding hydrogens is 272 g/mol. The van der Waals surface area contributed by atoms with E-state index < -0.39 is 4.92 Å². The molecule has 19 heavy (non-hydrogen) atoms. The molecule has 1 aromatic rings. The molecule has 0 aliphatic rings. The fraction of sp³-hybridized carbons (Fsp3) is 0.400. The highest BCUT2D eigenvalue weighted by atomic mass is 32.2. The van der Waals surface area contributed by atoms with Gasteiger partial charge in [-0.05, 0) is 5.92 Å². The third-order valence-electron chi connectivity index (χ3n) is 2.25. The van der Waals surface area contributed by atoms with Crippen LogP contribution >= 0.6 is 11.8 Å². The number of aromatic nitrogens is 1. The predicted octanol–water partition coefficient (Wildman–Crippen LogP) is 0.805. The van der Waals surface area contributed by atoms with Crippen LogP contribution in [0.25, 0.3) is 0 Å². The van der Waals surface area contributed by atoms with Crippen molar-refractivity contribution in [2.24, 2.45) is 16.8 Å². The quantitative estimate of drug-likeness (QED) is 0.176. The molecule has 0 aliphatic carbocycles. The molecular formula is C10H14N4O4S. The van der Waals surface area contributed by atoms with Gasteiger partial charge in [0.2, 0.25) is 0 Å². The Labute approximate surface area is 113 Å². The van der Waals surface area contributed by atoms with E-state index in [-0.39, 0.29) is 34.6 Å². The van der Waals surface area contributed by atoms with Crippen molar-refractivity contribution in [3.8, 4) is 0 Å². The van der Waals surface area contributed by atoms with Crippen LogP contribution in [0.2, 0.25) is 0 Å². The van der Waals surface area contributed by atoms with Gasteiger partial charge in [0, 0.05) is 30.2 Å². The summed E-state index contributed by atoms with van der Waals surface area (Å²) in [6.07, 6.45) is 1.30. The summed E-state index contributed by atoms with van der Waals surface area (Å²) in [7, 11) is 0. The van der Waals surface area contributed by atoms with E-state index in [2.05, 4.69) is 10.1 Å². The Balaban J connectivity index is 3.02. The zero-order chi connectivity index (χ0) is 14.4. The van der Waals surface area contributed by atoms with Crippen LogP contribution in [-0.2, 0) is 0 Å². The van der Waals surface area contributed by atoms with Crippen LogP contribution in [0.5, 0.6) is 0 Å². The molecule has 0 fully saturated rings. The molecule has 0 saturated carbocycles. The van der Waals surface area contributed by atoms with Gasteiger partial charge in [-0.15, -0.1) is 0 Å². The zero-order valence-electron chi connectivity index (χ0n) is 10.2. The molecule has 1 rings (SSSR count). The number of hydrogen-bond acceptors (Lipinski definition) is 7. The van der Waals surface area contributed by atoms with Gasteiger partial charge in [0.25, 0.3) is 0 Å². The Morgan fingerprint density at radius 2 is 2.42 bits per heavy atom. The number of pyridine rings is 1. The van der Waals surface area contributed by atoms with Crippen LogP contribution < -0.4 is 5.73 Å². The van der Waals surface area contributed by atoms with Crippen LogP contribution in [0.15, 0.2) is 22.4 Å². The van der Waals surface area contributed by atoms with E-state index in [1.165, 1.54) is 24.0 Å². The summed E-state index contributed by atoms with van der Waals surface area (Å²) < 4.78 is 0. The van der Waals surface area contributed by atoms with E-state index in [9.17, 15) is 10.1 Å². The first-order chi connectivity index (χ1) is 8.99. The van der Waals surface area contributed by atoms with Crippen molar-refractivity contribution in [3.63, 3.8) is 0 Å². The Kier molecular flexibility index (Phi) is 5.52. The lowest BCUT2D eigenvalue weighted by Crippen LogP contribution is -2.14. The molecule has 4 N–H and O–H groups in total. The van der Waals surface area contributed by atoms with Crippen molar-refractivity contribution in [3.05, 3.63) is 27.9 Å². The minimum atomic E-state index is -0.576. The minimum absolute atomic E-state index is 0.00298. The third kappa shape index (κ3) is 4.07. The van der Waals surface area contributed by atoms with E-state index in [0.29, 0.717) is 5.75 Å². The Bertz CT molecular complexity index is 494. The van der Waals surface area contributed by atoms with Gasteiger partial charge in [0.15, 0.2) is 10.9 Å². The van der Waals surface area contributed by atoms with Gasteiger partial charge < -0.3 is 16.0 Å². The second kappa shape index (κ2) is 6.90. The standard InChI is InChI=1S/C10H14N4O4S/c1-6(4-15)5-19-10-8(14(17)18)2-7(3-12-10)9(11)13-16/h2-3,6,15-16H,4-5H2,1H3,(H2,11,13). The summed E-state index contributed by atoms with van der Waals surface area (Å²) in [6, 6.07) is 1.20. The van der Waals surface area contributed by atoms with Crippen molar-refractivity contribution < 1.29 is 15.2 Å². The van der Waals surface area contributed by atoms with Gasteiger partial charge in [-0.3, -0.25) is 10.1 Å². The van der Waals surface area contributed by atoms with Crippen LogP contribution in [0.3, 0.4) is 0 Å². The first-order valence-corrected chi connectivity index (χ1v) is 6.34. The SMILES string of the molecule is CC(CO)CSc1ncc(C(N)=NO)cc1[N+](=O)[O-]. The Morgan fingerprint density at radius 1 is 1.74 bits per heavy atom. The van der Waals surface area contributed by atoms with Crippen LogP contribution in [0.1, 0.15) is 12.5 Å². The summed E-state index contributed by atoms with van der Waals surface area (Å²) in [6.45, 7) is 1.83. The summed E-state index contributed by atoms with van der Waals surface area (Å²) in [5.74, 6) is 0.277. The normalized spacial score (nSPS) is 13.3. The van der Waals surface area contributed by atoms with Gasteiger partial charge in [-0.1, -0.05) is 23.8 Å². The summed E-state index contributed by atoms with van der Waals surface area (Å²) in [5, 5.41) is 31.4. The van der Waals surface area contributed by atoms with Crippen molar-refractivity contribution in [1.29, 1.82) is 0 Å². The van der Waals surface area contributed by atoms with Gasteiger partial charge in [0.05, 0.1) is 4.92 Å². The molecule has 104 valence electrons. The predicted molar refractivity (Wildman–Crippen MR) is 70.4 cm³/mol. The largest absolute Gasteiger partial charge is 0.409 e. The summed E-state index contributed by atoms with van der Waals surface area (Å²) >= 11 is 1.18. The molecule has 0 aromatic carbocycles. The number of nitro groups is 1. The molecule has 0 bridgehead atoms. The first-order valence-electron chi connectivity index (χ1n) is 5.35. The van der Waals surface area contributed by atoms with Crippen LogP contribution in [0.4, 0.5) is 5.69 Å². The highest BCUT2D eigenvalue weighted by Crippen LogP contribution is 2.28. The Morgan fingerprint density at radius 3 is 2.95 bits per heavy atom. The smallest absolute Gasteiger partial charge is 0.302 e. The first kappa shape index (κ1) is 15.2. The van der Waals surface area contributed by atoms with E-state index in [1.54, 1.807) is 0 Å². The fourth-order valence-corrected chi connectivity index (χ4v) is 2.11. The van der Waals surface area contributed by atoms with Gasteiger partial charge >= 0.3 is 5.69 Å². The number of rotatable bonds is 6. The molecule has 0 aliphatic heterocycles. The van der Waals surface area contributed by atoms with Crippen molar-refractivity contribution in [2.75, 3.05) is 12.4 Å². The van der Waals surface area contributed by atoms with E-state index >= 15 is 0 Å². The van der Waals surface area contributed by atoms with Gasteiger partial charge in [-0.25, -0.2) is 4.98 Å². The maximum atomic E-state index is 11.0. The monoisotopic (exact) mass is 286 g/mol. The Hall–Kier alpha value is -1.87. The number of aliphatic hydroxyl groups excluding tert-OH is 1. The number of aliphatic hydroxyl groups is 1. The molecule has 1 unspecified atom stereocenters. The third-order valence-corrected chi connectivity index (χ3v) is 3.57. The molecule has 0 amide bonds. The van der Waals surface area contributed by atoms with E-state index in [0.717, 1.165) is 0 Å². The topological polar surface area (TPSA) is 135 Å². The van der Waals surface area contributed by atoms with Gasteiger partial charge in [0.1, 0.15) is 0 Å². The van der Waals surface area contributed by atoms with E-state index in [4.69, 9.17) is 16.0 Å². The van der Waals surface area contributed by atoms with Crippen molar-refractivity contribution >= 4 is 23.3 Å². The van der Waals surface area contributed by atoms with Crippen molar-refractivity contribution in [2.45, 2.75) is 11.9 Å². The fourth-order valence-electron chi connectivity index (χ4n) is 1.15.